The number of thiazole rings is 1. The smallest absolute Gasteiger partial charge is 0.126 e. The van der Waals surface area contributed by atoms with Gasteiger partial charge in [0.1, 0.15) is 10.8 Å². The van der Waals surface area contributed by atoms with Crippen molar-refractivity contribution in [3.05, 3.63) is 66.4 Å². The predicted octanol–water partition coefficient (Wildman–Crippen LogP) is 4.51. The van der Waals surface area contributed by atoms with Crippen molar-refractivity contribution in [2.45, 2.75) is 0 Å². The first-order valence-electron chi connectivity index (χ1n) is 6.88. The number of benzene rings is 1. The Morgan fingerprint density at radius 3 is 2.55 bits per heavy atom. The van der Waals surface area contributed by atoms with Crippen molar-refractivity contribution >= 4 is 27.1 Å². The quantitative estimate of drug-likeness (QED) is 0.734. The lowest BCUT2D eigenvalue weighted by Crippen LogP contribution is -2.12. The van der Waals surface area contributed by atoms with E-state index in [1.54, 1.807) is 30.6 Å². The molecule has 0 saturated carbocycles. The molecule has 0 N–H and O–H groups in total. The van der Waals surface area contributed by atoms with E-state index in [4.69, 9.17) is 9.72 Å². The van der Waals surface area contributed by atoms with Crippen molar-refractivity contribution in [2.75, 3.05) is 21.2 Å². The summed E-state index contributed by atoms with van der Waals surface area (Å²) in [4.78, 5) is 6.78. The minimum Gasteiger partial charge on any atom is -0.497 e. The van der Waals surface area contributed by atoms with Crippen LogP contribution >= 0.6 is 11.3 Å². The molecule has 0 fully saturated rings. The third-order valence-electron chi connectivity index (χ3n) is 3.14. The summed E-state index contributed by atoms with van der Waals surface area (Å²) >= 11 is 1.64. The van der Waals surface area contributed by atoms with E-state index < -0.39 is 0 Å². The number of nitrogens with zero attached hydrogens (tertiary/aromatic N) is 2. The normalized spacial score (nSPS) is 12.3. The first kappa shape index (κ1) is 16.0. The van der Waals surface area contributed by atoms with Crippen molar-refractivity contribution in [2.24, 2.45) is 0 Å². The van der Waals surface area contributed by atoms with Gasteiger partial charge in [-0.25, -0.2) is 4.98 Å². The van der Waals surface area contributed by atoms with Crippen LogP contribution in [0, 0.1) is 0 Å². The molecule has 114 valence electrons. The van der Waals surface area contributed by atoms with E-state index >= 15 is 0 Å². The van der Waals surface area contributed by atoms with Gasteiger partial charge in [0, 0.05) is 25.4 Å². The zero-order chi connectivity index (χ0) is 16.1. The van der Waals surface area contributed by atoms with Crippen LogP contribution < -0.4 is 4.74 Å². The van der Waals surface area contributed by atoms with E-state index in [1.165, 1.54) is 0 Å². The van der Waals surface area contributed by atoms with Crippen molar-refractivity contribution in [1.29, 1.82) is 0 Å². The number of fused-ring (bicyclic) bond motifs is 1. The van der Waals surface area contributed by atoms with Gasteiger partial charge in [-0.3, -0.25) is 0 Å². The molecule has 0 spiro atoms. The highest BCUT2D eigenvalue weighted by Crippen LogP contribution is 2.33. The van der Waals surface area contributed by atoms with Gasteiger partial charge in [0.15, 0.2) is 0 Å². The molecule has 0 bridgehead atoms. The zero-order valence-corrected chi connectivity index (χ0v) is 14.0. The molecule has 22 heavy (non-hydrogen) atoms. The maximum Gasteiger partial charge on any atom is 0.126 e. The molecule has 0 atom stereocenters. The lowest BCUT2D eigenvalue weighted by Gasteiger charge is -2.18. The molecular formula is C18H20N2OS. The molecule has 0 aliphatic carbocycles. The van der Waals surface area contributed by atoms with E-state index in [9.17, 15) is 0 Å². The maximum absolute atomic E-state index is 5.28. The number of ether oxygens (including phenoxy) is 1. The van der Waals surface area contributed by atoms with Gasteiger partial charge in [-0.15, -0.1) is 11.3 Å². The predicted molar refractivity (Wildman–Crippen MR) is 96.3 cm³/mol. The molecule has 0 radical (unpaired) electrons. The summed E-state index contributed by atoms with van der Waals surface area (Å²) in [5.74, 6) is 0.839. The highest BCUT2D eigenvalue weighted by atomic mass is 32.1. The van der Waals surface area contributed by atoms with Gasteiger partial charge in [0.25, 0.3) is 0 Å². The van der Waals surface area contributed by atoms with Crippen molar-refractivity contribution in [3.63, 3.8) is 0 Å². The standard InChI is InChI=1S/C18H20N2OS/c1-6-8-14(16(9-7-2)20(3)4)18-19-15-11-10-13(21-5)12-17(15)22-18/h6-12H,1-2H2,3-5H3/b14-8+,16-9+. The summed E-state index contributed by atoms with van der Waals surface area (Å²) < 4.78 is 6.38. The molecule has 0 saturated heterocycles. The van der Waals surface area contributed by atoms with Crippen molar-refractivity contribution in [1.82, 2.24) is 9.88 Å². The zero-order valence-electron chi connectivity index (χ0n) is 13.2. The first-order chi connectivity index (χ1) is 10.6. The van der Waals surface area contributed by atoms with Crippen LogP contribution in [-0.4, -0.2) is 31.1 Å². The van der Waals surface area contributed by atoms with Crippen molar-refractivity contribution < 1.29 is 4.74 Å². The summed E-state index contributed by atoms with van der Waals surface area (Å²) in [6.45, 7) is 7.61. The summed E-state index contributed by atoms with van der Waals surface area (Å²) in [6.07, 6.45) is 7.51. The van der Waals surface area contributed by atoms with Crippen LogP contribution in [0.3, 0.4) is 0 Å². The Morgan fingerprint density at radius 2 is 1.95 bits per heavy atom. The van der Waals surface area contributed by atoms with E-state index in [0.717, 1.165) is 32.2 Å². The maximum atomic E-state index is 5.28. The van der Waals surface area contributed by atoms with E-state index in [0.29, 0.717) is 0 Å². The van der Waals surface area contributed by atoms with Crippen molar-refractivity contribution in [3.8, 4) is 5.75 Å². The Bertz CT molecular complexity index is 754. The van der Waals surface area contributed by atoms with Crippen LogP contribution in [-0.2, 0) is 0 Å². The molecule has 0 aliphatic rings. The highest BCUT2D eigenvalue weighted by molar-refractivity contribution is 7.19. The van der Waals surface area contributed by atoms with Gasteiger partial charge >= 0.3 is 0 Å². The Kier molecular flexibility index (Phi) is 5.17. The topological polar surface area (TPSA) is 25.4 Å². The molecule has 2 rings (SSSR count). The Morgan fingerprint density at radius 1 is 1.23 bits per heavy atom. The van der Waals surface area contributed by atoms with Crippen LogP contribution in [0.25, 0.3) is 15.8 Å². The van der Waals surface area contributed by atoms with Crippen LogP contribution in [0.4, 0.5) is 0 Å². The second kappa shape index (κ2) is 7.09. The minimum atomic E-state index is 0.839. The average molecular weight is 312 g/mol. The van der Waals surface area contributed by atoms with Crippen LogP contribution in [0.2, 0.25) is 0 Å². The number of hydrogen-bond donors (Lipinski definition) is 0. The van der Waals surface area contributed by atoms with Crippen LogP contribution in [0.15, 0.2) is 61.4 Å². The number of methoxy groups -OCH3 is 1. The SMILES string of the molecule is C=C/C=C(\C(=C/C=C)N(C)C)c1nc2ccc(OC)cc2s1. The summed E-state index contributed by atoms with van der Waals surface area (Å²) in [5, 5.41) is 0.949. The molecule has 1 heterocycles. The van der Waals surface area contributed by atoms with Gasteiger partial charge in [-0.05, 0) is 24.3 Å². The van der Waals surface area contributed by atoms with Gasteiger partial charge in [-0.2, -0.15) is 0 Å². The molecule has 4 heteroatoms. The summed E-state index contributed by atoms with van der Waals surface area (Å²) in [5.41, 5.74) is 3.04. The second-order valence-corrected chi connectivity index (χ2v) is 5.88. The lowest BCUT2D eigenvalue weighted by atomic mass is 10.1. The van der Waals surface area contributed by atoms with Crippen LogP contribution in [0.5, 0.6) is 5.75 Å². The summed E-state index contributed by atoms with van der Waals surface area (Å²) in [6, 6.07) is 5.91. The third kappa shape index (κ3) is 3.28. The second-order valence-electron chi connectivity index (χ2n) is 4.85. The molecule has 1 aromatic heterocycles. The molecule has 2 aromatic rings. The van der Waals surface area contributed by atoms with Gasteiger partial charge in [0.2, 0.25) is 0 Å². The molecule has 0 amide bonds. The number of hydrogen-bond acceptors (Lipinski definition) is 4. The van der Waals surface area contributed by atoms with Gasteiger partial charge in [0.05, 0.1) is 17.3 Å². The monoisotopic (exact) mass is 312 g/mol. The fourth-order valence-corrected chi connectivity index (χ4v) is 3.15. The number of aromatic nitrogens is 1. The molecular weight excluding hydrogens is 292 g/mol. The Balaban J connectivity index is 2.58. The average Bonchev–Trinajstić information content (AvgIpc) is 2.93. The van der Waals surface area contributed by atoms with Gasteiger partial charge in [-0.1, -0.05) is 31.4 Å². The minimum absolute atomic E-state index is 0.839. The molecule has 1 aromatic carbocycles. The number of likely N-dealkylation sites (N-methyl/N-ethyl adjacent to an activating group) is 1. The summed E-state index contributed by atoms with van der Waals surface area (Å²) in [7, 11) is 5.67. The number of rotatable bonds is 6. The van der Waals surface area contributed by atoms with Crippen LogP contribution in [0.1, 0.15) is 5.01 Å². The molecule has 0 unspecified atom stereocenters. The highest BCUT2D eigenvalue weighted by Gasteiger charge is 2.14. The van der Waals surface area contributed by atoms with E-state index in [2.05, 4.69) is 13.2 Å². The molecule has 0 aliphatic heterocycles. The Hall–Kier alpha value is -2.33. The van der Waals surface area contributed by atoms with E-state index in [1.807, 2.05) is 49.3 Å². The van der Waals surface area contributed by atoms with E-state index in [-0.39, 0.29) is 0 Å². The molecule has 3 nitrogen and oxygen atoms in total. The fraction of sp³-hybridized carbons (Fsp3) is 0.167. The fourth-order valence-electron chi connectivity index (χ4n) is 2.12. The first-order valence-corrected chi connectivity index (χ1v) is 7.70. The largest absolute Gasteiger partial charge is 0.497 e. The third-order valence-corrected chi connectivity index (χ3v) is 4.20. The van der Waals surface area contributed by atoms with Gasteiger partial charge < -0.3 is 9.64 Å². The lowest BCUT2D eigenvalue weighted by molar-refractivity contribution is 0.415. The number of allylic oxidation sites excluding steroid dienone is 5. The Labute approximate surface area is 135 Å².